The molecule has 0 N–H and O–H groups in total. The average Bonchev–Trinajstić information content (AvgIpc) is 3.52. The lowest BCUT2D eigenvalue weighted by atomic mass is 9.77. The maximum atomic E-state index is 14.3. The third-order valence-electron chi connectivity index (χ3n) is 7.34. The molecule has 1 aliphatic carbocycles. The summed E-state index contributed by atoms with van der Waals surface area (Å²) in [6.07, 6.45) is 4.93. The van der Waals surface area contributed by atoms with Crippen molar-refractivity contribution in [1.82, 2.24) is 10.2 Å². The van der Waals surface area contributed by atoms with Crippen molar-refractivity contribution in [2.45, 2.75) is 32.2 Å². The first-order chi connectivity index (χ1) is 18.9. The lowest BCUT2D eigenvalue weighted by molar-refractivity contribution is 0.0679. The summed E-state index contributed by atoms with van der Waals surface area (Å²) in [6.45, 7) is 1.74. The largest absolute Gasteiger partial charge is 0.360 e. The van der Waals surface area contributed by atoms with Crippen molar-refractivity contribution in [1.29, 1.82) is 0 Å². The van der Waals surface area contributed by atoms with E-state index in [1.165, 1.54) is 0 Å². The molecule has 0 spiro atoms. The second-order valence-electron chi connectivity index (χ2n) is 9.79. The second kappa shape index (κ2) is 10.6. The highest BCUT2D eigenvalue weighted by molar-refractivity contribution is 6.33. The number of rotatable bonds is 4. The molecule has 0 radical (unpaired) electrons. The number of amides is 1. The predicted octanol–water partition coefficient (Wildman–Crippen LogP) is 9.05. The average molecular weight is 577 g/mol. The number of aryl methyl sites for hydroxylation is 1. The van der Waals surface area contributed by atoms with Crippen molar-refractivity contribution in [3.63, 3.8) is 0 Å². The standard InChI is InChI=1S/C31H24Cl3N3O2/c1-18-27(29(36-39-18)24-6-2-3-8-26(24)34)31(38)37-30(20-11-15-23(33)16-12-20)25-7-4-5-21(28(25)35-37)17-19-9-13-22(32)14-10-19/h2-3,6,8-17,25,30H,4-5,7H2,1H3/b21-17-/t25-,30-/m0/s1. The van der Waals surface area contributed by atoms with Gasteiger partial charge in [0.15, 0.2) is 0 Å². The van der Waals surface area contributed by atoms with Gasteiger partial charge in [-0.05, 0) is 79.3 Å². The zero-order valence-electron chi connectivity index (χ0n) is 21.1. The Balaban J connectivity index is 1.47. The van der Waals surface area contributed by atoms with E-state index in [9.17, 15) is 4.79 Å². The van der Waals surface area contributed by atoms with Gasteiger partial charge >= 0.3 is 0 Å². The van der Waals surface area contributed by atoms with Gasteiger partial charge in [0.05, 0.1) is 16.8 Å². The summed E-state index contributed by atoms with van der Waals surface area (Å²) in [6, 6.07) is 22.4. The fourth-order valence-electron chi connectivity index (χ4n) is 5.50. The van der Waals surface area contributed by atoms with E-state index in [1.807, 2.05) is 66.7 Å². The van der Waals surface area contributed by atoms with Crippen LogP contribution in [0.2, 0.25) is 15.1 Å². The molecular weight excluding hydrogens is 553 g/mol. The second-order valence-corrected chi connectivity index (χ2v) is 11.1. The van der Waals surface area contributed by atoms with Crippen molar-refractivity contribution in [3.05, 3.63) is 116 Å². The molecule has 6 rings (SSSR count). The Bertz CT molecular complexity index is 1610. The normalized spacial score (nSPS) is 19.7. The number of allylic oxidation sites excluding steroid dienone is 1. The first kappa shape index (κ1) is 25.9. The first-order valence-corrected chi connectivity index (χ1v) is 13.9. The number of hydrazone groups is 1. The van der Waals surface area contributed by atoms with Gasteiger partial charge in [-0.3, -0.25) is 4.79 Å². The van der Waals surface area contributed by atoms with Crippen molar-refractivity contribution in [2.75, 3.05) is 0 Å². The van der Waals surface area contributed by atoms with Gasteiger partial charge in [-0.2, -0.15) is 5.10 Å². The van der Waals surface area contributed by atoms with Crippen LogP contribution in [0.3, 0.4) is 0 Å². The van der Waals surface area contributed by atoms with E-state index in [2.05, 4.69) is 11.2 Å². The highest BCUT2D eigenvalue weighted by Gasteiger charge is 2.45. The number of carbonyl (C=O) groups excluding carboxylic acids is 1. The number of fused-ring (bicyclic) bond motifs is 1. The minimum absolute atomic E-state index is 0.0337. The van der Waals surface area contributed by atoms with Crippen LogP contribution in [0.5, 0.6) is 0 Å². The van der Waals surface area contributed by atoms with Gasteiger partial charge in [-0.15, -0.1) is 0 Å². The molecule has 0 bridgehead atoms. The summed E-state index contributed by atoms with van der Waals surface area (Å²) in [5, 5.41) is 12.7. The van der Waals surface area contributed by atoms with E-state index in [4.69, 9.17) is 44.4 Å². The Morgan fingerprint density at radius 3 is 2.38 bits per heavy atom. The third-order valence-corrected chi connectivity index (χ3v) is 8.17. The molecule has 2 atom stereocenters. The van der Waals surface area contributed by atoms with Crippen LogP contribution in [0.25, 0.3) is 17.3 Å². The van der Waals surface area contributed by atoms with Crippen molar-refractivity contribution in [3.8, 4) is 11.3 Å². The number of carbonyl (C=O) groups is 1. The molecule has 5 nitrogen and oxygen atoms in total. The Morgan fingerprint density at radius 1 is 0.974 bits per heavy atom. The highest BCUT2D eigenvalue weighted by atomic mass is 35.5. The minimum atomic E-state index is -0.299. The molecule has 196 valence electrons. The molecule has 2 heterocycles. The summed E-state index contributed by atoms with van der Waals surface area (Å²) in [5.41, 5.74) is 5.46. The van der Waals surface area contributed by atoms with Crippen LogP contribution < -0.4 is 0 Å². The van der Waals surface area contributed by atoms with Gasteiger partial charge in [0.25, 0.3) is 5.91 Å². The fourth-order valence-corrected chi connectivity index (χ4v) is 5.97. The summed E-state index contributed by atoms with van der Waals surface area (Å²) < 4.78 is 5.53. The molecule has 4 aromatic rings. The van der Waals surface area contributed by atoms with Gasteiger partial charge in [-0.25, -0.2) is 5.01 Å². The number of halogens is 3. The molecule has 2 aliphatic rings. The van der Waals surface area contributed by atoms with Crippen molar-refractivity contribution < 1.29 is 9.32 Å². The summed E-state index contributed by atoms with van der Waals surface area (Å²) in [7, 11) is 0. The van der Waals surface area contributed by atoms with E-state index in [-0.39, 0.29) is 17.9 Å². The molecular formula is C31H24Cl3N3O2. The van der Waals surface area contributed by atoms with Crippen LogP contribution in [0.1, 0.15) is 52.5 Å². The number of aromatic nitrogens is 1. The topological polar surface area (TPSA) is 58.7 Å². The van der Waals surface area contributed by atoms with Gasteiger partial charge in [0.1, 0.15) is 17.0 Å². The monoisotopic (exact) mass is 575 g/mol. The van der Waals surface area contributed by atoms with Crippen LogP contribution in [0.4, 0.5) is 0 Å². The zero-order valence-corrected chi connectivity index (χ0v) is 23.3. The van der Waals surface area contributed by atoms with Gasteiger partial charge < -0.3 is 4.52 Å². The Morgan fingerprint density at radius 2 is 1.67 bits per heavy atom. The smallest absolute Gasteiger partial charge is 0.280 e. The highest BCUT2D eigenvalue weighted by Crippen LogP contribution is 2.46. The lowest BCUT2D eigenvalue weighted by Gasteiger charge is -2.29. The molecule has 1 amide bonds. The van der Waals surface area contributed by atoms with Crippen LogP contribution in [-0.2, 0) is 0 Å². The molecule has 1 aliphatic heterocycles. The summed E-state index contributed by atoms with van der Waals surface area (Å²) in [5.74, 6) is 0.166. The van der Waals surface area contributed by atoms with Gasteiger partial charge in [0.2, 0.25) is 0 Å². The van der Waals surface area contributed by atoms with Crippen LogP contribution in [0.15, 0.2) is 88.0 Å². The van der Waals surface area contributed by atoms with Crippen LogP contribution >= 0.6 is 34.8 Å². The Kier molecular flexibility index (Phi) is 7.06. The molecule has 0 saturated heterocycles. The zero-order chi connectivity index (χ0) is 27.1. The summed E-state index contributed by atoms with van der Waals surface area (Å²) >= 11 is 18.8. The molecule has 1 saturated carbocycles. The van der Waals surface area contributed by atoms with E-state index in [0.717, 1.165) is 41.7 Å². The van der Waals surface area contributed by atoms with E-state index in [0.29, 0.717) is 37.6 Å². The lowest BCUT2D eigenvalue weighted by Crippen LogP contribution is -2.32. The third kappa shape index (κ3) is 4.91. The van der Waals surface area contributed by atoms with E-state index < -0.39 is 0 Å². The van der Waals surface area contributed by atoms with Crippen molar-refractivity contribution in [2.24, 2.45) is 11.0 Å². The van der Waals surface area contributed by atoms with Gasteiger partial charge in [0, 0.05) is 21.5 Å². The Labute approximate surface area is 241 Å². The molecule has 8 heteroatoms. The number of hydrogen-bond donors (Lipinski definition) is 0. The minimum Gasteiger partial charge on any atom is -0.360 e. The predicted molar refractivity (Wildman–Crippen MR) is 156 cm³/mol. The molecule has 3 aromatic carbocycles. The SMILES string of the molecule is Cc1onc(-c2ccccc2Cl)c1C(=O)N1N=C2/C(=C\c3ccc(Cl)cc3)CCC[C@@H]2[C@@H]1c1ccc(Cl)cc1. The van der Waals surface area contributed by atoms with Crippen LogP contribution in [0, 0.1) is 12.8 Å². The number of benzene rings is 3. The molecule has 1 fully saturated rings. The fraction of sp³-hybridized carbons (Fsp3) is 0.194. The van der Waals surface area contributed by atoms with Crippen LogP contribution in [-0.4, -0.2) is 21.8 Å². The van der Waals surface area contributed by atoms with Crippen molar-refractivity contribution >= 4 is 52.5 Å². The maximum Gasteiger partial charge on any atom is 0.280 e. The Hall–Kier alpha value is -3.38. The molecule has 39 heavy (non-hydrogen) atoms. The molecule has 0 unspecified atom stereocenters. The number of hydrogen-bond acceptors (Lipinski definition) is 4. The first-order valence-electron chi connectivity index (χ1n) is 12.8. The maximum absolute atomic E-state index is 14.3. The summed E-state index contributed by atoms with van der Waals surface area (Å²) in [4.78, 5) is 14.3. The number of nitrogens with zero attached hydrogens (tertiary/aromatic N) is 3. The molecule has 1 aromatic heterocycles. The quantitative estimate of drug-likeness (QED) is 0.243. The van der Waals surface area contributed by atoms with Gasteiger partial charge in [-0.1, -0.05) is 82.4 Å². The van der Waals surface area contributed by atoms with E-state index in [1.54, 1.807) is 18.0 Å². The van der Waals surface area contributed by atoms with E-state index >= 15 is 0 Å².